The van der Waals surface area contributed by atoms with E-state index in [4.69, 9.17) is 24.6 Å². The maximum Gasteiger partial charge on any atom is 0.481 e. The first kappa shape index (κ1) is 45.6. The highest BCUT2D eigenvalue weighted by molar-refractivity contribution is 8.14. The molecule has 0 bridgehead atoms. The number of amides is 2. The fraction of sp³-hybridized carbons (Fsp3) is 0.600. The molecule has 3 rings (SSSR count). The van der Waals surface area contributed by atoms with Crippen molar-refractivity contribution in [3.05, 3.63) is 24.8 Å². The lowest BCUT2D eigenvalue weighted by molar-refractivity contribution is -0.137. The molecule has 29 heteroatoms. The topological polar surface area (TPSA) is 384 Å². The third-order valence-electron chi connectivity index (χ3n) is 7.11. The van der Waals surface area contributed by atoms with E-state index in [-0.39, 0.29) is 54.0 Å². The Morgan fingerprint density at radius 1 is 1.09 bits per heavy atom. The zero-order valence-electron chi connectivity index (χ0n) is 28.4. The molecule has 0 radical (unpaired) electrons. The number of phosphoric ester groups is 3. The maximum absolute atomic E-state index is 12.6. The summed E-state index contributed by atoms with van der Waals surface area (Å²) in [5.41, 5.74) is 4.23. The molecule has 0 spiro atoms. The minimum atomic E-state index is -5.57. The number of aromatic nitrogens is 4. The van der Waals surface area contributed by atoms with Gasteiger partial charge in [0.15, 0.2) is 17.7 Å². The number of aliphatic hydroxyl groups is 3. The van der Waals surface area contributed by atoms with E-state index >= 15 is 0 Å². The Balaban J connectivity index is 1.51. The van der Waals surface area contributed by atoms with Crippen LogP contribution in [0.25, 0.3) is 11.2 Å². The Labute approximate surface area is 310 Å². The summed E-state index contributed by atoms with van der Waals surface area (Å²) in [6, 6.07) is 0. The summed E-state index contributed by atoms with van der Waals surface area (Å²) in [6.07, 6.45) is -4.54. The minimum Gasteiger partial charge on any atom is -0.392 e. The number of carbonyl (C=O) groups excluding carboxylic acids is 3. The molecule has 0 aliphatic carbocycles. The van der Waals surface area contributed by atoms with Gasteiger partial charge >= 0.3 is 23.5 Å². The zero-order chi connectivity index (χ0) is 40.5. The predicted octanol–water partition coefficient (Wildman–Crippen LogP) is -1.79. The number of nitrogen functional groups attached to an aromatic ring is 1. The molecule has 1 aliphatic heterocycles. The number of ether oxygens (including phenoxy) is 1. The second-order valence-corrected chi connectivity index (χ2v) is 17.2. The van der Waals surface area contributed by atoms with E-state index in [9.17, 15) is 57.9 Å². The highest BCUT2D eigenvalue weighted by Crippen LogP contribution is 2.61. The van der Waals surface area contributed by atoms with Crippen LogP contribution >= 0.6 is 35.2 Å². The van der Waals surface area contributed by atoms with Gasteiger partial charge in [-0.1, -0.05) is 31.7 Å². The van der Waals surface area contributed by atoms with Gasteiger partial charge in [0, 0.05) is 30.7 Å². The van der Waals surface area contributed by atoms with E-state index in [1.54, 1.807) is 0 Å². The summed E-state index contributed by atoms with van der Waals surface area (Å²) in [5.74, 6) is -1.27. The average molecular weight is 852 g/mol. The largest absolute Gasteiger partial charge is 0.481 e. The number of anilines is 1. The van der Waals surface area contributed by atoms with Crippen LogP contribution in [-0.4, -0.2) is 134 Å². The Morgan fingerprint density at radius 3 is 2.44 bits per heavy atom. The zero-order valence-corrected chi connectivity index (χ0v) is 31.9. The van der Waals surface area contributed by atoms with Crippen LogP contribution in [0, 0.1) is 5.41 Å². The van der Waals surface area contributed by atoms with Gasteiger partial charge in [-0.2, -0.15) is 4.31 Å². The summed E-state index contributed by atoms with van der Waals surface area (Å²) >= 11 is 0.912. The summed E-state index contributed by atoms with van der Waals surface area (Å²) in [4.78, 5) is 86.7. The molecule has 2 amide bonds. The molecule has 1 saturated heterocycles. The SMILES string of the molecule is CC(C)(COP(=O)(O)OP(=O)(O)OC[C@H]1O[C@@H](n2cnc3c(N)ncnc32)[C@H](O)[C@@H]1OP(=O)(O)O)[C@@H](O)C(=O)NCCC(=O)NCCSC(=O)C=CCO. The highest BCUT2D eigenvalue weighted by Gasteiger charge is 2.50. The quantitative estimate of drug-likeness (QED) is 0.0377. The summed E-state index contributed by atoms with van der Waals surface area (Å²) in [7, 11) is -16.4. The van der Waals surface area contributed by atoms with Crippen molar-refractivity contribution in [2.45, 2.75) is 50.9 Å². The maximum atomic E-state index is 12.6. The number of nitrogens with two attached hydrogens (primary N) is 1. The smallest absolute Gasteiger partial charge is 0.392 e. The van der Waals surface area contributed by atoms with Gasteiger partial charge in [0.25, 0.3) is 0 Å². The van der Waals surface area contributed by atoms with Gasteiger partial charge in [-0.25, -0.2) is 28.6 Å². The molecule has 25 nitrogen and oxygen atoms in total. The van der Waals surface area contributed by atoms with Crippen molar-refractivity contribution >= 4 is 69.1 Å². The van der Waals surface area contributed by atoms with Crippen LogP contribution in [0.1, 0.15) is 26.5 Å². The molecule has 2 aromatic rings. The molecule has 1 fully saturated rings. The third kappa shape index (κ3) is 13.8. The number of phosphoric acid groups is 3. The van der Waals surface area contributed by atoms with Crippen molar-refractivity contribution in [2.24, 2.45) is 5.41 Å². The first-order valence-corrected chi connectivity index (χ1v) is 20.9. The lowest BCUT2D eigenvalue weighted by Gasteiger charge is -2.30. The predicted molar refractivity (Wildman–Crippen MR) is 183 cm³/mol. The molecule has 11 N–H and O–H groups in total. The number of imidazole rings is 1. The highest BCUT2D eigenvalue weighted by atomic mass is 32.2. The number of aliphatic hydroxyl groups excluding tert-OH is 3. The van der Waals surface area contributed by atoms with Crippen LogP contribution in [0.2, 0.25) is 0 Å². The summed E-state index contributed by atoms with van der Waals surface area (Å²) in [6.45, 7) is 0.0610. The van der Waals surface area contributed by atoms with E-state index in [1.165, 1.54) is 26.0 Å². The Bertz CT molecular complexity index is 1810. The average Bonchev–Trinajstić information content (AvgIpc) is 3.63. The van der Waals surface area contributed by atoms with Crippen LogP contribution in [0.4, 0.5) is 5.82 Å². The number of nitrogens with zero attached hydrogens (tertiary/aromatic N) is 4. The van der Waals surface area contributed by atoms with Gasteiger partial charge in [0.1, 0.15) is 36.3 Å². The van der Waals surface area contributed by atoms with Crippen molar-refractivity contribution in [3.8, 4) is 0 Å². The molecule has 54 heavy (non-hydrogen) atoms. The van der Waals surface area contributed by atoms with Gasteiger partial charge in [0.2, 0.25) is 16.9 Å². The summed E-state index contributed by atoms with van der Waals surface area (Å²) in [5, 5.41) is 34.5. The van der Waals surface area contributed by atoms with Crippen molar-refractivity contribution in [2.75, 3.05) is 44.4 Å². The van der Waals surface area contributed by atoms with Crippen molar-refractivity contribution < 1.29 is 85.6 Å². The number of hydrogen-bond donors (Lipinski definition) is 10. The van der Waals surface area contributed by atoms with Crippen molar-refractivity contribution in [1.29, 1.82) is 0 Å². The minimum absolute atomic E-state index is 0.0252. The molecule has 3 heterocycles. The van der Waals surface area contributed by atoms with E-state index in [1.807, 2.05) is 0 Å². The van der Waals surface area contributed by atoms with Crippen molar-refractivity contribution in [3.63, 3.8) is 0 Å². The first-order chi connectivity index (χ1) is 25.1. The van der Waals surface area contributed by atoms with Crippen LogP contribution in [0.5, 0.6) is 0 Å². The number of hydrogen-bond acceptors (Lipinski definition) is 19. The van der Waals surface area contributed by atoms with E-state index < -0.39 is 84.6 Å². The van der Waals surface area contributed by atoms with Crippen LogP contribution < -0.4 is 16.4 Å². The van der Waals surface area contributed by atoms with E-state index in [0.29, 0.717) is 0 Å². The number of carbonyl (C=O) groups is 3. The molecule has 2 unspecified atom stereocenters. The molecule has 1 aliphatic rings. The second kappa shape index (κ2) is 19.4. The number of nitrogens with one attached hydrogen (secondary N) is 2. The van der Waals surface area contributed by atoms with Crippen LogP contribution in [-0.2, 0) is 50.7 Å². The molecule has 304 valence electrons. The fourth-order valence-corrected chi connectivity index (χ4v) is 7.91. The summed E-state index contributed by atoms with van der Waals surface area (Å²) < 4.78 is 61.9. The van der Waals surface area contributed by atoms with Gasteiger partial charge in [-0.15, -0.1) is 0 Å². The molecule has 0 saturated carbocycles. The third-order valence-corrected chi connectivity index (χ3v) is 11.0. The lowest BCUT2D eigenvalue weighted by atomic mass is 9.87. The van der Waals surface area contributed by atoms with Gasteiger partial charge < -0.3 is 56.0 Å². The van der Waals surface area contributed by atoms with Gasteiger partial charge in [0.05, 0.1) is 26.1 Å². The Morgan fingerprint density at radius 2 is 1.78 bits per heavy atom. The Hall–Kier alpha value is -2.74. The first-order valence-electron chi connectivity index (χ1n) is 15.4. The second-order valence-electron chi connectivity index (χ2n) is 11.8. The molecule has 7 atom stereocenters. The molecular weight excluding hydrogens is 811 g/mol. The molecule has 2 aromatic heterocycles. The van der Waals surface area contributed by atoms with E-state index in [2.05, 4.69) is 34.4 Å². The number of fused-ring (bicyclic) bond motifs is 1. The monoisotopic (exact) mass is 851 g/mol. The normalized spacial score (nSPS) is 22.2. The van der Waals surface area contributed by atoms with Crippen LogP contribution in [0.3, 0.4) is 0 Å². The van der Waals surface area contributed by atoms with Gasteiger partial charge in [-0.3, -0.25) is 32.5 Å². The number of rotatable bonds is 21. The fourth-order valence-electron chi connectivity index (χ4n) is 4.48. The molecule has 0 aromatic carbocycles. The van der Waals surface area contributed by atoms with Crippen molar-refractivity contribution in [1.82, 2.24) is 30.2 Å². The van der Waals surface area contributed by atoms with Crippen LogP contribution in [0.15, 0.2) is 24.8 Å². The Kier molecular flexibility index (Phi) is 16.4. The van der Waals surface area contributed by atoms with E-state index in [0.717, 1.165) is 29.0 Å². The van der Waals surface area contributed by atoms with Gasteiger partial charge in [-0.05, 0) is 6.08 Å². The number of thioether (sulfide) groups is 1. The standard InChI is InChI=1S/C25H40N7O18P3S/c1-25(2,20(37)23(38)28-6-5-15(34)27-7-9-54-16(35)4-3-8-33)11-47-53(44,45)50-52(42,43)46-10-14-19(49-51(39,40)41)18(36)24(48-14)32-13-31-17-21(26)29-12-30-22(17)32/h3-4,12-14,18-20,24,33,36-37H,5-11H2,1-2H3,(H,27,34)(H,28,38)(H,42,43)(H,44,45)(H2,26,29,30)(H2,39,40,41)/t14-,18-,19-,20+,24-/m1/s1. The molecular formula is C25H40N7O18P3S. The lowest BCUT2D eigenvalue weighted by Crippen LogP contribution is -2.46.